The summed E-state index contributed by atoms with van der Waals surface area (Å²) < 4.78 is 13.4. The van der Waals surface area contributed by atoms with E-state index in [0.717, 1.165) is 19.3 Å². The molecule has 3 heterocycles. The van der Waals surface area contributed by atoms with Gasteiger partial charge in [-0.15, -0.1) is 0 Å². The molecule has 4 aliphatic rings. The monoisotopic (exact) mass is 450 g/mol. The minimum absolute atomic E-state index is 0.165. The molecule has 1 saturated carbocycles. The van der Waals surface area contributed by atoms with Crippen LogP contribution in [-0.2, 0) is 19.2 Å². The maximum absolute atomic E-state index is 9.55. The average molecular weight is 449 g/mol. The van der Waals surface area contributed by atoms with E-state index in [-0.39, 0.29) is 12.5 Å². The summed E-state index contributed by atoms with van der Waals surface area (Å²) in [5.74, 6) is 0.216. The van der Waals surface area contributed by atoms with E-state index >= 15 is 0 Å². The zero-order chi connectivity index (χ0) is 17.6. The Labute approximate surface area is 150 Å². The van der Waals surface area contributed by atoms with Crippen LogP contribution in [0.4, 0.5) is 0 Å². The van der Waals surface area contributed by atoms with Crippen molar-refractivity contribution in [2.45, 2.75) is 76.0 Å². The first-order valence-corrected chi connectivity index (χ1v) is 20.0. The first-order chi connectivity index (χ1) is 11.2. The molecule has 6 atom stereocenters. The summed E-state index contributed by atoms with van der Waals surface area (Å²) in [7, 11) is 1.70. The van der Waals surface area contributed by atoms with Gasteiger partial charge in [-0.25, -0.2) is 0 Å². The van der Waals surface area contributed by atoms with E-state index in [2.05, 4.69) is 14.8 Å². The third-order valence-corrected chi connectivity index (χ3v) is 11.2. The molecule has 0 amide bonds. The Morgan fingerprint density at radius 3 is 2.54 bits per heavy atom. The number of aliphatic hydroxyl groups is 1. The van der Waals surface area contributed by atoms with E-state index < -0.39 is 36.1 Å². The summed E-state index contributed by atoms with van der Waals surface area (Å²) in [5.41, 5.74) is -0.572. The van der Waals surface area contributed by atoms with E-state index in [1.807, 2.05) is 6.92 Å². The summed E-state index contributed by atoms with van der Waals surface area (Å²) in [6, 6.07) is 0. The van der Waals surface area contributed by atoms with E-state index in [0.29, 0.717) is 18.3 Å². The molecule has 0 aromatic carbocycles. The maximum atomic E-state index is 9.55. The van der Waals surface area contributed by atoms with E-state index in [9.17, 15) is 5.11 Å². The van der Waals surface area contributed by atoms with Crippen LogP contribution < -0.4 is 0 Å². The molecule has 2 bridgehead atoms. The number of fused-ring (bicyclic) bond motifs is 3. The van der Waals surface area contributed by atoms with E-state index in [4.69, 9.17) is 19.2 Å². The zero-order valence-electron chi connectivity index (χ0n) is 15.8. The predicted octanol–water partition coefficient (Wildman–Crippen LogP) is 3.55. The second-order valence-corrected chi connectivity index (χ2v) is 25.0. The van der Waals surface area contributed by atoms with Crippen LogP contribution in [0.3, 0.4) is 0 Å². The van der Waals surface area contributed by atoms with Gasteiger partial charge in [0.05, 0.1) is 0 Å². The Bertz CT molecular complexity index is 451. The van der Waals surface area contributed by atoms with Gasteiger partial charge in [0.1, 0.15) is 0 Å². The molecule has 4 fully saturated rings. The van der Waals surface area contributed by atoms with Crippen molar-refractivity contribution in [3.05, 3.63) is 0 Å². The minimum atomic E-state index is -2.02. The van der Waals surface area contributed by atoms with Crippen molar-refractivity contribution in [3.8, 4) is 0 Å². The molecule has 1 aliphatic carbocycles. The molecule has 3 aliphatic heterocycles. The first kappa shape index (κ1) is 19.4. The van der Waals surface area contributed by atoms with Crippen molar-refractivity contribution < 1.29 is 24.4 Å². The molecule has 1 spiro atoms. The molecular weight excluding hydrogens is 415 g/mol. The van der Waals surface area contributed by atoms with E-state index in [1.54, 1.807) is 7.11 Å². The van der Waals surface area contributed by atoms with Crippen LogP contribution in [0.5, 0.6) is 0 Å². The molecule has 0 radical (unpaired) electrons. The van der Waals surface area contributed by atoms with Crippen LogP contribution >= 0.6 is 0 Å². The average Bonchev–Trinajstić information content (AvgIpc) is 2.68. The molecule has 0 aromatic heterocycles. The van der Waals surface area contributed by atoms with Gasteiger partial charge in [0.2, 0.25) is 0 Å². The molecule has 24 heavy (non-hydrogen) atoms. The summed E-state index contributed by atoms with van der Waals surface area (Å²) >= 11 is -2.02. The first-order valence-electron chi connectivity index (χ1n) is 9.43. The third-order valence-electron chi connectivity index (χ3n) is 6.30. The molecule has 0 unspecified atom stereocenters. The Hall–Kier alpha value is 0.599. The molecule has 1 N–H and O–H groups in total. The van der Waals surface area contributed by atoms with Crippen molar-refractivity contribution in [2.24, 2.45) is 17.8 Å². The van der Waals surface area contributed by atoms with Crippen LogP contribution in [0.25, 0.3) is 0 Å². The van der Waals surface area contributed by atoms with Gasteiger partial charge < -0.3 is 0 Å². The van der Waals surface area contributed by atoms with Crippen LogP contribution in [0.15, 0.2) is 0 Å². The van der Waals surface area contributed by atoms with Gasteiger partial charge in [0, 0.05) is 0 Å². The SMILES string of the molecule is CO[C@H]1O[C@]2(C)OO[C@]13[C@H](CCO)CCC[C@@H]3C[C@@H]2[CH2][Sn]([CH3])([CH3])[CH3]. The van der Waals surface area contributed by atoms with Gasteiger partial charge >= 0.3 is 150 Å². The Balaban J connectivity index is 1.97. The summed E-state index contributed by atoms with van der Waals surface area (Å²) in [5, 5.41) is 9.55. The predicted molar refractivity (Wildman–Crippen MR) is 94.0 cm³/mol. The Kier molecular flexibility index (Phi) is 5.62. The van der Waals surface area contributed by atoms with Gasteiger partial charge in [0.15, 0.2) is 0 Å². The molecule has 6 heteroatoms. The molecule has 4 rings (SSSR count). The number of ether oxygens (including phenoxy) is 2. The van der Waals surface area contributed by atoms with Crippen molar-refractivity contribution in [2.75, 3.05) is 13.7 Å². The molecule has 0 aromatic rings. The van der Waals surface area contributed by atoms with Gasteiger partial charge in [-0.2, -0.15) is 0 Å². The van der Waals surface area contributed by atoms with Crippen molar-refractivity contribution in [1.82, 2.24) is 0 Å². The van der Waals surface area contributed by atoms with Gasteiger partial charge in [-0.05, 0) is 0 Å². The van der Waals surface area contributed by atoms with Crippen molar-refractivity contribution in [3.63, 3.8) is 0 Å². The summed E-state index contributed by atoms with van der Waals surface area (Å²) in [4.78, 5) is 19.5. The Morgan fingerprint density at radius 1 is 1.17 bits per heavy atom. The fourth-order valence-corrected chi connectivity index (χ4v) is 11.0. The Morgan fingerprint density at radius 2 is 1.92 bits per heavy atom. The second kappa shape index (κ2) is 6.96. The van der Waals surface area contributed by atoms with Crippen LogP contribution in [0.2, 0.25) is 19.3 Å². The second-order valence-electron chi connectivity index (χ2n) is 9.26. The molecular formula is C18H34O5Sn. The number of hydrogen-bond donors (Lipinski definition) is 1. The summed E-state index contributed by atoms with van der Waals surface area (Å²) in [6.07, 6.45) is 4.71. The van der Waals surface area contributed by atoms with Gasteiger partial charge in [0.25, 0.3) is 0 Å². The van der Waals surface area contributed by atoms with Crippen molar-refractivity contribution in [1.29, 1.82) is 0 Å². The van der Waals surface area contributed by atoms with Crippen LogP contribution in [-0.4, -0.2) is 54.9 Å². The third kappa shape index (κ3) is 3.29. The number of rotatable bonds is 5. The molecule has 5 nitrogen and oxygen atoms in total. The number of aliphatic hydroxyl groups excluding tert-OH is 1. The normalized spacial score (nSPS) is 45.8. The summed E-state index contributed by atoms with van der Waals surface area (Å²) in [6.45, 7) is 2.19. The standard InChI is InChI=1S/C15H25O5.3CH3.Sn/c1-10-9-12-6-4-5-11(7-8-16)15(12)13(17-3)18-14(10,2)19-20-15;;;;/h10-13,16H,1,4-9H2,2-3H3;3*1H3;/t10-,11-,12+,13-,14+,15-;;;;/m0..../s1. The fraction of sp³-hybridized carbons (Fsp3) is 1.00. The quantitative estimate of drug-likeness (QED) is 0.514. The van der Waals surface area contributed by atoms with E-state index in [1.165, 1.54) is 10.9 Å². The fourth-order valence-electron chi connectivity index (χ4n) is 5.22. The number of methoxy groups -OCH3 is 1. The van der Waals surface area contributed by atoms with Crippen molar-refractivity contribution >= 4 is 18.4 Å². The van der Waals surface area contributed by atoms with Crippen LogP contribution in [0, 0.1) is 17.8 Å². The van der Waals surface area contributed by atoms with Gasteiger partial charge in [-0.3, -0.25) is 0 Å². The number of hydrogen-bond acceptors (Lipinski definition) is 5. The molecule has 3 saturated heterocycles. The van der Waals surface area contributed by atoms with Gasteiger partial charge in [-0.1, -0.05) is 0 Å². The topological polar surface area (TPSA) is 57.2 Å². The zero-order valence-corrected chi connectivity index (χ0v) is 18.7. The van der Waals surface area contributed by atoms with Crippen LogP contribution in [0.1, 0.15) is 39.0 Å². The molecule has 140 valence electrons.